The lowest BCUT2D eigenvalue weighted by Gasteiger charge is -2.32. The molecule has 1 aliphatic carbocycles. The smallest absolute Gasteiger partial charge is 0.253 e. The minimum atomic E-state index is -0.00441. The molecule has 1 aliphatic heterocycles. The molecule has 2 fully saturated rings. The van der Waals surface area contributed by atoms with Crippen molar-refractivity contribution in [2.75, 3.05) is 19.6 Å². The molecule has 5 heteroatoms. The minimum absolute atomic E-state index is 0.00441. The maximum atomic E-state index is 13.3. The molecular weight excluding hydrogens is 386 g/mol. The molecule has 0 radical (unpaired) electrons. The number of fused-ring (bicyclic) bond motifs is 1. The maximum absolute atomic E-state index is 13.3. The van der Waals surface area contributed by atoms with Crippen molar-refractivity contribution in [3.8, 4) is 5.75 Å². The molecule has 0 unspecified atom stereocenters. The average Bonchev–Trinajstić information content (AvgIpc) is 3.57. The van der Waals surface area contributed by atoms with Gasteiger partial charge in [0.1, 0.15) is 5.75 Å². The molecule has 1 amide bonds. The molecule has 2 N–H and O–H groups in total. The van der Waals surface area contributed by atoms with Crippen LogP contribution in [-0.4, -0.2) is 46.2 Å². The van der Waals surface area contributed by atoms with Crippen LogP contribution in [0.4, 0.5) is 0 Å². The van der Waals surface area contributed by atoms with Crippen molar-refractivity contribution in [1.29, 1.82) is 0 Å². The summed E-state index contributed by atoms with van der Waals surface area (Å²) in [6.07, 6.45) is 5.35. The monoisotopic (exact) mass is 417 g/mol. The fourth-order valence-corrected chi connectivity index (χ4v) is 5.01. The number of hydrogen-bond donors (Lipinski definition) is 2. The van der Waals surface area contributed by atoms with Gasteiger partial charge in [-0.25, -0.2) is 0 Å². The van der Waals surface area contributed by atoms with Gasteiger partial charge in [-0.3, -0.25) is 4.79 Å². The van der Waals surface area contributed by atoms with E-state index in [9.17, 15) is 9.90 Å². The van der Waals surface area contributed by atoms with Gasteiger partial charge in [-0.2, -0.15) is 0 Å². The normalized spacial score (nSPS) is 17.8. The summed E-state index contributed by atoms with van der Waals surface area (Å²) in [7, 11) is 0. The third kappa shape index (κ3) is 4.19. The molecule has 1 saturated carbocycles. The Bertz CT molecular complexity index is 1080. The van der Waals surface area contributed by atoms with Crippen LogP contribution in [0.2, 0.25) is 0 Å². The zero-order valence-corrected chi connectivity index (χ0v) is 18.2. The summed E-state index contributed by atoms with van der Waals surface area (Å²) >= 11 is 0. The lowest BCUT2D eigenvalue weighted by Crippen LogP contribution is -2.45. The molecule has 0 spiro atoms. The quantitative estimate of drug-likeness (QED) is 0.624. The van der Waals surface area contributed by atoms with Crippen LogP contribution < -0.4 is 5.32 Å². The SMILES string of the molecule is Cc1c(C(=O)NC2CCN(CCc3ccccc3)CC2)c2cc(O)ccc2n1C1CC1. The summed E-state index contributed by atoms with van der Waals surface area (Å²) in [5, 5.41) is 14.2. The molecule has 162 valence electrons. The molecule has 31 heavy (non-hydrogen) atoms. The van der Waals surface area contributed by atoms with Gasteiger partial charge in [0, 0.05) is 48.3 Å². The highest BCUT2D eigenvalue weighted by Gasteiger charge is 2.31. The number of benzene rings is 2. The summed E-state index contributed by atoms with van der Waals surface area (Å²) in [6, 6.07) is 16.7. The number of nitrogens with zero attached hydrogens (tertiary/aromatic N) is 2. The third-order valence-corrected chi connectivity index (χ3v) is 6.85. The minimum Gasteiger partial charge on any atom is -0.508 e. The third-order valence-electron chi connectivity index (χ3n) is 6.85. The fraction of sp³-hybridized carbons (Fsp3) is 0.423. The number of phenolic OH excluding ortho intramolecular Hbond substituents is 1. The zero-order chi connectivity index (χ0) is 21.4. The van der Waals surface area contributed by atoms with Crippen LogP contribution in [0.25, 0.3) is 10.9 Å². The number of hydrogen-bond acceptors (Lipinski definition) is 3. The Kier molecular flexibility index (Phi) is 5.45. The standard InChI is InChI=1S/C26H31N3O2/c1-18-25(23-17-22(30)9-10-24(23)29(18)21-7-8-21)26(31)27-20-12-15-28(16-13-20)14-11-19-5-3-2-4-6-19/h2-6,9-10,17,20-21,30H,7-8,11-16H2,1H3,(H,27,31). The number of piperidine rings is 1. The van der Waals surface area contributed by atoms with Gasteiger partial charge < -0.3 is 19.9 Å². The van der Waals surface area contributed by atoms with Crippen LogP contribution in [0.1, 0.15) is 53.3 Å². The van der Waals surface area contributed by atoms with Crippen LogP contribution in [0.5, 0.6) is 5.75 Å². The van der Waals surface area contributed by atoms with E-state index >= 15 is 0 Å². The van der Waals surface area contributed by atoms with Crippen molar-refractivity contribution >= 4 is 16.8 Å². The largest absolute Gasteiger partial charge is 0.508 e. The number of likely N-dealkylation sites (tertiary alicyclic amines) is 1. The van der Waals surface area contributed by atoms with Crippen LogP contribution in [0.3, 0.4) is 0 Å². The first-order chi connectivity index (χ1) is 15.1. The summed E-state index contributed by atoms with van der Waals surface area (Å²) in [5.41, 5.74) is 4.17. The van der Waals surface area contributed by atoms with Crippen molar-refractivity contribution < 1.29 is 9.90 Å². The van der Waals surface area contributed by atoms with E-state index in [-0.39, 0.29) is 17.7 Å². The van der Waals surface area contributed by atoms with E-state index in [1.54, 1.807) is 12.1 Å². The number of amides is 1. The molecule has 1 aromatic heterocycles. The topological polar surface area (TPSA) is 57.5 Å². The first kappa shape index (κ1) is 20.1. The Morgan fingerprint density at radius 2 is 1.81 bits per heavy atom. The first-order valence-corrected chi connectivity index (χ1v) is 11.5. The van der Waals surface area contributed by atoms with E-state index < -0.39 is 0 Å². The van der Waals surface area contributed by atoms with Gasteiger partial charge in [-0.15, -0.1) is 0 Å². The summed E-state index contributed by atoms with van der Waals surface area (Å²) in [6.45, 7) is 5.14. The molecule has 5 rings (SSSR count). The number of nitrogens with one attached hydrogen (secondary N) is 1. The number of carbonyl (C=O) groups is 1. The molecule has 0 bridgehead atoms. The van der Waals surface area contributed by atoms with Crippen molar-refractivity contribution in [1.82, 2.24) is 14.8 Å². The molecule has 2 aromatic carbocycles. The van der Waals surface area contributed by atoms with Gasteiger partial charge in [-0.1, -0.05) is 30.3 Å². The summed E-state index contributed by atoms with van der Waals surface area (Å²) in [4.78, 5) is 15.8. The van der Waals surface area contributed by atoms with Gasteiger partial charge >= 0.3 is 0 Å². The van der Waals surface area contributed by atoms with Crippen LogP contribution in [0, 0.1) is 6.92 Å². The molecule has 1 saturated heterocycles. The first-order valence-electron chi connectivity index (χ1n) is 11.5. The van der Waals surface area contributed by atoms with Gasteiger partial charge in [-0.05, 0) is 62.8 Å². The highest BCUT2D eigenvalue weighted by molar-refractivity contribution is 6.09. The second-order valence-corrected chi connectivity index (χ2v) is 9.09. The fourth-order valence-electron chi connectivity index (χ4n) is 5.01. The zero-order valence-electron chi connectivity index (χ0n) is 18.2. The molecule has 5 nitrogen and oxygen atoms in total. The van der Waals surface area contributed by atoms with E-state index in [2.05, 4.69) is 45.1 Å². The van der Waals surface area contributed by atoms with Crippen molar-refractivity contribution in [2.24, 2.45) is 0 Å². The average molecular weight is 418 g/mol. The highest BCUT2D eigenvalue weighted by Crippen LogP contribution is 2.41. The number of aromatic hydroxyl groups is 1. The predicted octanol–water partition coefficient (Wildman–Crippen LogP) is 4.43. The number of rotatable bonds is 6. The van der Waals surface area contributed by atoms with Crippen molar-refractivity contribution in [2.45, 2.75) is 51.1 Å². The predicted molar refractivity (Wildman–Crippen MR) is 124 cm³/mol. The number of phenols is 1. The maximum Gasteiger partial charge on any atom is 0.253 e. The van der Waals surface area contributed by atoms with E-state index in [0.717, 1.165) is 73.9 Å². The number of carbonyl (C=O) groups excluding carboxylic acids is 1. The molecule has 3 aromatic rings. The number of aromatic nitrogens is 1. The van der Waals surface area contributed by atoms with E-state index in [4.69, 9.17) is 0 Å². The summed E-state index contributed by atoms with van der Waals surface area (Å²) in [5.74, 6) is 0.205. The van der Waals surface area contributed by atoms with Crippen LogP contribution in [-0.2, 0) is 6.42 Å². The van der Waals surface area contributed by atoms with E-state index in [1.165, 1.54) is 5.56 Å². The van der Waals surface area contributed by atoms with Crippen LogP contribution in [0.15, 0.2) is 48.5 Å². The van der Waals surface area contributed by atoms with Gasteiger partial charge in [0.25, 0.3) is 5.91 Å². The van der Waals surface area contributed by atoms with Crippen molar-refractivity contribution in [3.63, 3.8) is 0 Å². The second kappa shape index (κ2) is 8.39. The van der Waals surface area contributed by atoms with E-state index in [1.807, 2.05) is 13.0 Å². The summed E-state index contributed by atoms with van der Waals surface area (Å²) < 4.78 is 2.29. The molecule has 2 heterocycles. The Hall–Kier alpha value is -2.79. The van der Waals surface area contributed by atoms with E-state index in [0.29, 0.717) is 6.04 Å². The van der Waals surface area contributed by atoms with Crippen LogP contribution >= 0.6 is 0 Å². The molecular formula is C26H31N3O2. The Morgan fingerprint density at radius 3 is 2.52 bits per heavy atom. The lowest BCUT2D eigenvalue weighted by atomic mass is 10.0. The highest BCUT2D eigenvalue weighted by atomic mass is 16.3. The van der Waals surface area contributed by atoms with Gasteiger partial charge in [0.05, 0.1) is 5.56 Å². The van der Waals surface area contributed by atoms with Gasteiger partial charge in [0.2, 0.25) is 0 Å². The Balaban J connectivity index is 1.24. The molecule has 2 aliphatic rings. The van der Waals surface area contributed by atoms with Crippen molar-refractivity contribution in [3.05, 3.63) is 65.4 Å². The lowest BCUT2D eigenvalue weighted by molar-refractivity contribution is 0.0912. The Labute approximate surface area is 183 Å². The second-order valence-electron chi connectivity index (χ2n) is 9.09. The van der Waals surface area contributed by atoms with Gasteiger partial charge in [0.15, 0.2) is 0 Å². The Morgan fingerprint density at radius 1 is 1.06 bits per heavy atom. The molecule has 0 atom stereocenters.